The second-order valence-corrected chi connectivity index (χ2v) is 8.06. The fourth-order valence-corrected chi connectivity index (χ4v) is 4.81. The zero-order valence-corrected chi connectivity index (χ0v) is 16.7. The fraction of sp³-hybridized carbons (Fsp3) is 0.348. The first kappa shape index (κ1) is 18.8. The molecule has 1 N–H and O–H groups in total. The van der Waals surface area contributed by atoms with Crippen LogP contribution in [0.3, 0.4) is 0 Å². The third-order valence-corrected chi connectivity index (χ3v) is 6.17. The van der Waals surface area contributed by atoms with Crippen LogP contribution in [0.5, 0.6) is 5.88 Å². The van der Waals surface area contributed by atoms with Gasteiger partial charge in [0.25, 0.3) is 5.91 Å². The molecule has 30 heavy (non-hydrogen) atoms. The molecule has 0 aliphatic carbocycles. The van der Waals surface area contributed by atoms with E-state index in [-0.39, 0.29) is 29.7 Å². The molecule has 1 amide bonds. The molecule has 3 atom stereocenters. The molecule has 0 radical (unpaired) electrons. The molecule has 154 valence electrons. The average Bonchev–Trinajstić information content (AvgIpc) is 3.49. The number of pyridine rings is 2. The van der Waals surface area contributed by atoms with E-state index in [0.29, 0.717) is 18.2 Å². The van der Waals surface area contributed by atoms with Crippen molar-refractivity contribution in [2.75, 3.05) is 6.61 Å². The van der Waals surface area contributed by atoms with E-state index in [0.717, 1.165) is 42.4 Å². The number of fused-ring (bicyclic) bond motifs is 2. The van der Waals surface area contributed by atoms with Crippen LogP contribution >= 0.6 is 0 Å². The summed E-state index contributed by atoms with van der Waals surface area (Å²) in [5, 5.41) is 0. The molecule has 3 unspecified atom stereocenters. The van der Waals surface area contributed by atoms with Gasteiger partial charge in [-0.15, -0.1) is 0 Å². The van der Waals surface area contributed by atoms with Crippen molar-refractivity contribution in [3.63, 3.8) is 0 Å². The predicted octanol–water partition coefficient (Wildman–Crippen LogP) is 3.99. The molecule has 6 nitrogen and oxygen atoms in total. The van der Waals surface area contributed by atoms with Crippen LogP contribution in [0, 0.1) is 18.7 Å². The van der Waals surface area contributed by atoms with Gasteiger partial charge in [0.1, 0.15) is 11.5 Å². The molecule has 0 saturated carbocycles. The van der Waals surface area contributed by atoms with Gasteiger partial charge >= 0.3 is 0 Å². The van der Waals surface area contributed by atoms with Gasteiger partial charge < -0.3 is 14.6 Å². The van der Waals surface area contributed by atoms with Crippen molar-refractivity contribution >= 4 is 5.91 Å². The Kier molecular flexibility index (Phi) is 4.73. The molecule has 3 aromatic heterocycles. The molecule has 5 heterocycles. The maximum atomic E-state index is 13.6. The first-order valence-corrected chi connectivity index (χ1v) is 10.3. The first-order chi connectivity index (χ1) is 14.6. The number of aryl methyl sites for hydroxylation is 1. The van der Waals surface area contributed by atoms with Gasteiger partial charge in [-0.25, -0.2) is 14.4 Å². The van der Waals surface area contributed by atoms with E-state index in [9.17, 15) is 9.18 Å². The number of rotatable bonds is 5. The van der Waals surface area contributed by atoms with Crippen molar-refractivity contribution in [2.45, 2.75) is 38.3 Å². The molecule has 3 aromatic rings. The molecule has 7 heteroatoms. The molecular weight excluding hydrogens is 383 g/mol. The summed E-state index contributed by atoms with van der Waals surface area (Å²) in [7, 11) is 0. The molecule has 2 saturated heterocycles. The number of nitrogens with one attached hydrogen (secondary N) is 1. The van der Waals surface area contributed by atoms with Gasteiger partial charge in [0.15, 0.2) is 0 Å². The Labute approximate surface area is 174 Å². The Morgan fingerprint density at radius 1 is 1.27 bits per heavy atom. The number of aromatic nitrogens is 3. The number of carbonyl (C=O) groups excluding carboxylic acids is 1. The molecule has 0 aromatic carbocycles. The van der Waals surface area contributed by atoms with Crippen LogP contribution in [0.25, 0.3) is 11.3 Å². The minimum Gasteiger partial charge on any atom is -0.477 e. The third kappa shape index (κ3) is 3.34. The Hall–Kier alpha value is -3.22. The lowest BCUT2D eigenvalue weighted by molar-refractivity contribution is 0.0704. The summed E-state index contributed by atoms with van der Waals surface area (Å²) in [4.78, 5) is 27.4. The molecule has 5 rings (SSSR count). The number of hydrogen-bond donors (Lipinski definition) is 1. The van der Waals surface area contributed by atoms with E-state index < -0.39 is 0 Å². The average molecular weight is 406 g/mol. The molecule has 2 aliphatic rings. The summed E-state index contributed by atoms with van der Waals surface area (Å²) in [6.45, 7) is 2.37. The summed E-state index contributed by atoms with van der Waals surface area (Å²) in [6.07, 6.45) is 5.87. The highest BCUT2D eigenvalue weighted by Gasteiger charge is 2.49. The number of amides is 1. The van der Waals surface area contributed by atoms with Crippen molar-refractivity contribution < 1.29 is 13.9 Å². The van der Waals surface area contributed by atoms with Crippen LogP contribution < -0.4 is 4.74 Å². The van der Waals surface area contributed by atoms with E-state index in [1.54, 1.807) is 0 Å². The number of H-pyrrole nitrogens is 1. The monoisotopic (exact) mass is 406 g/mol. The number of halogens is 1. The zero-order chi connectivity index (χ0) is 20.7. The van der Waals surface area contributed by atoms with Gasteiger partial charge in [-0.3, -0.25) is 4.79 Å². The number of ether oxygens (including phenoxy) is 1. The van der Waals surface area contributed by atoms with Crippen LogP contribution in [-0.4, -0.2) is 44.4 Å². The highest BCUT2D eigenvalue weighted by Crippen LogP contribution is 2.43. The van der Waals surface area contributed by atoms with E-state index >= 15 is 0 Å². The van der Waals surface area contributed by atoms with Crippen molar-refractivity contribution in [3.8, 4) is 17.1 Å². The minimum absolute atomic E-state index is 0.0155. The summed E-state index contributed by atoms with van der Waals surface area (Å²) in [5.41, 5.74) is 3.03. The maximum Gasteiger partial charge on any atom is 0.273 e. The number of carbonyl (C=O) groups is 1. The lowest BCUT2D eigenvalue weighted by Crippen LogP contribution is -2.38. The Bertz CT molecular complexity index is 1050. The maximum absolute atomic E-state index is 13.6. The Morgan fingerprint density at radius 3 is 2.93 bits per heavy atom. The Balaban J connectivity index is 1.36. The first-order valence-electron chi connectivity index (χ1n) is 10.3. The van der Waals surface area contributed by atoms with Crippen LogP contribution in [0.1, 0.15) is 35.4 Å². The summed E-state index contributed by atoms with van der Waals surface area (Å²) in [6, 6.07) is 11.0. The fourth-order valence-electron chi connectivity index (χ4n) is 4.81. The third-order valence-electron chi connectivity index (χ3n) is 6.17. The highest BCUT2D eigenvalue weighted by molar-refractivity contribution is 5.99. The van der Waals surface area contributed by atoms with Gasteiger partial charge in [0, 0.05) is 47.2 Å². The normalized spacial score (nSPS) is 22.5. The second kappa shape index (κ2) is 7.55. The van der Waals surface area contributed by atoms with E-state index in [1.165, 1.54) is 12.1 Å². The zero-order valence-electron chi connectivity index (χ0n) is 16.7. The van der Waals surface area contributed by atoms with Gasteiger partial charge in [-0.2, -0.15) is 0 Å². The summed E-state index contributed by atoms with van der Waals surface area (Å²) in [5.74, 6) is 0.241. The smallest absolute Gasteiger partial charge is 0.273 e. The largest absolute Gasteiger partial charge is 0.477 e. The van der Waals surface area contributed by atoms with E-state index in [4.69, 9.17) is 4.74 Å². The Morgan fingerprint density at radius 2 is 2.17 bits per heavy atom. The van der Waals surface area contributed by atoms with Crippen molar-refractivity contribution in [1.82, 2.24) is 19.9 Å². The van der Waals surface area contributed by atoms with Gasteiger partial charge in [0.05, 0.1) is 12.8 Å². The minimum atomic E-state index is -0.387. The molecule has 2 fully saturated rings. The summed E-state index contributed by atoms with van der Waals surface area (Å²) < 4.78 is 18.8. The van der Waals surface area contributed by atoms with Crippen molar-refractivity contribution in [2.24, 2.45) is 5.92 Å². The van der Waals surface area contributed by atoms with E-state index in [1.807, 2.05) is 42.3 Å². The molecular formula is C23H23FN4O2. The number of hydrogen-bond acceptors (Lipinski definition) is 4. The second-order valence-electron chi connectivity index (χ2n) is 8.06. The molecule has 0 spiro atoms. The van der Waals surface area contributed by atoms with Crippen LogP contribution in [0.2, 0.25) is 0 Å². The highest BCUT2D eigenvalue weighted by atomic mass is 19.1. The number of aromatic amines is 1. The van der Waals surface area contributed by atoms with Crippen molar-refractivity contribution in [1.29, 1.82) is 0 Å². The van der Waals surface area contributed by atoms with Crippen LogP contribution in [-0.2, 0) is 0 Å². The standard InChI is InChI=1S/C23H23FN4O2/c1-14-4-7-18(19-3-2-10-25-19)22(27-14)23(29)28-17-6-8-20(28)15(11-17)13-30-21-9-5-16(24)12-26-21/h2-5,7,9-10,12,15,17,20,25H,6,8,11,13H2,1H3. The molecule has 2 bridgehead atoms. The predicted molar refractivity (Wildman–Crippen MR) is 110 cm³/mol. The van der Waals surface area contributed by atoms with Gasteiger partial charge in [-0.05, 0) is 56.5 Å². The topological polar surface area (TPSA) is 71.1 Å². The van der Waals surface area contributed by atoms with Gasteiger partial charge in [0.2, 0.25) is 5.88 Å². The molecule has 2 aliphatic heterocycles. The lowest BCUT2D eigenvalue weighted by Gasteiger charge is -2.25. The van der Waals surface area contributed by atoms with Crippen LogP contribution in [0.15, 0.2) is 48.8 Å². The lowest BCUT2D eigenvalue weighted by atomic mass is 9.90. The van der Waals surface area contributed by atoms with Crippen LogP contribution in [0.4, 0.5) is 4.39 Å². The summed E-state index contributed by atoms with van der Waals surface area (Å²) >= 11 is 0. The van der Waals surface area contributed by atoms with Crippen molar-refractivity contribution in [3.05, 3.63) is 66.0 Å². The SMILES string of the molecule is Cc1ccc(-c2ccc[nH]2)c(C(=O)N2C3CCC2C(COc2ccc(F)cn2)C3)n1. The number of nitrogens with zero attached hydrogens (tertiary/aromatic N) is 3. The quantitative estimate of drug-likeness (QED) is 0.696. The van der Waals surface area contributed by atoms with Gasteiger partial charge in [-0.1, -0.05) is 0 Å². The van der Waals surface area contributed by atoms with E-state index in [2.05, 4.69) is 15.0 Å².